The van der Waals surface area contributed by atoms with Gasteiger partial charge in [-0.25, -0.2) is 0 Å². The van der Waals surface area contributed by atoms with Gasteiger partial charge in [-0.15, -0.1) is 0 Å². The van der Waals surface area contributed by atoms with Crippen LogP contribution in [0.25, 0.3) is 0 Å². The molecule has 5 heteroatoms. The standard InChI is InChI=1S/C12H15BrN2O2/c1-15(12(16)8-6-14-7-8)10-5-9(13)3-4-11(10)17-2/h3-5,8,14H,6-7H2,1-2H3. The van der Waals surface area contributed by atoms with E-state index in [1.54, 1.807) is 19.1 Å². The second-order valence-electron chi connectivity index (χ2n) is 4.07. The van der Waals surface area contributed by atoms with E-state index in [2.05, 4.69) is 21.2 Å². The predicted octanol–water partition coefficient (Wildman–Crippen LogP) is 1.64. The average Bonchev–Trinajstić information content (AvgIpc) is 2.25. The van der Waals surface area contributed by atoms with Gasteiger partial charge in [-0.1, -0.05) is 15.9 Å². The Morgan fingerprint density at radius 3 is 2.76 bits per heavy atom. The highest BCUT2D eigenvalue weighted by atomic mass is 79.9. The van der Waals surface area contributed by atoms with E-state index in [0.29, 0.717) is 5.75 Å². The molecule has 92 valence electrons. The Morgan fingerprint density at radius 2 is 2.24 bits per heavy atom. The molecule has 4 nitrogen and oxygen atoms in total. The molecule has 1 aromatic rings. The molecule has 0 radical (unpaired) electrons. The first kappa shape index (κ1) is 12.4. The molecule has 1 aliphatic heterocycles. The number of rotatable bonds is 3. The molecule has 0 aromatic heterocycles. The fourth-order valence-corrected chi connectivity index (χ4v) is 2.13. The lowest BCUT2D eigenvalue weighted by molar-refractivity contribution is -0.123. The van der Waals surface area contributed by atoms with Gasteiger partial charge in [0.05, 0.1) is 18.7 Å². The second-order valence-corrected chi connectivity index (χ2v) is 4.98. The van der Waals surface area contributed by atoms with E-state index >= 15 is 0 Å². The van der Waals surface area contributed by atoms with Crippen molar-refractivity contribution >= 4 is 27.5 Å². The molecule has 0 saturated carbocycles. The summed E-state index contributed by atoms with van der Waals surface area (Å²) in [5.74, 6) is 0.917. The van der Waals surface area contributed by atoms with Crippen molar-refractivity contribution in [3.8, 4) is 5.75 Å². The summed E-state index contributed by atoms with van der Waals surface area (Å²) in [6.07, 6.45) is 0. The minimum atomic E-state index is 0.0867. The van der Waals surface area contributed by atoms with Crippen molar-refractivity contribution in [2.45, 2.75) is 0 Å². The van der Waals surface area contributed by atoms with Gasteiger partial charge >= 0.3 is 0 Å². The van der Waals surface area contributed by atoms with Crippen LogP contribution >= 0.6 is 15.9 Å². The van der Waals surface area contributed by atoms with Crippen molar-refractivity contribution in [2.24, 2.45) is 5.92 Å². The number of ether oxygens (including phenoxy) is 1. The topological polar surface area (TPSA) is 41.6 Å². The Hall–Kier alpha value is -1.07. The SMILES string of the molecule is COc1ccc(Br)cc1N(C)C(=O)C1CNC1. The Kier molecular flexibility index (Phi) is 3.69. The molecule has 1 N–H and O–H groups in total. The number of anilines is 1. The zero-order valence-corrected chi connectivity index (χ0v) is 11.5. The van der Waals surface area contributed by atoms with E-state index < -0.39 is 0 Å². The summed E-state index contributed by atoms with van der Waals surface area (Å²) in [7, 11) is 3.39. The number of hydrogen-bond acceptors (Lipinski definition) is 3. The molecule has 1 aliphatic rings. The van der Waals surface area contributed by atoms with Gasteiger partial charge in [0.15, 0.2) is 0 Å². The zero-order valence-electron chi connectivity index (χ0n) is 9.87. The van der Waals surface area contributed by atoms with Gasteiger partial charge < -0.3 is 15.0 Å². The Balaban J connectivity index is 2.25. The van der Waals surface area contributed by atoms with Gasteiger partial charge in [-0.05, 0) is 18.2 Å². The third-order valence-corrected chi connectivity index (χ3v) is 3.46. The molecule has 17 heavy (non-hydrogen) atoms. The van der Waals surface area contributed by atoms with Crippen LogP contribution in [-0.4, -0.2) is 33.2 Å². The number of halogens is 1. The number of hydrogen-bond donors (Lipinski definition) is 1. The van der Waals surface area contributed by atoms with Crippen molar-refractivity contribution in [3.05, 3.63) is 22.7 Å². The third-order valence-electron chi connectivity index (χ3n) is 2.96. The molecule has 0 unspecified atom stereocenters. The lowest BCUT2D eigenvalue weighted by atomic mass is 10.0. The highest BCUT2D eigenvalue weighted by Gasteiger charge is 2.29. The van der Waals surface area contributed by atoms with Gasteiger partial charge in [0.2, 0.25) is 5.91 Å². The molecular formula is C12H15BrN2O2. The lowest BCUT2D eigenvalue weighted by Gasteiger charge is -2.30. The molecule has 0 bridgehead atoms. The number of amides is 1. The number of nitrogens with zero attached hydrogens (tertiary/aromatic N) is 1. The number of nitrogens with one attached hydrogen (secondary N) is 1. The van der Waals surface area contributed by atoms with E-state index in [4.69, 9.17) is 4.74 Å². The first-order valence-electron chi connectivity index (χ1n) is 5.45. The van der Waals surface area contributed by atoms with Gasteiger partial charge in [-0.3, -0.25) is 4.79 Å². The number of benzene rings is 1. The van der Waals surface area contributed by atoms with Crippen LogP contribution in [0.5, 0.6) is 5.75 Å². The minimum Gasteiger partial charge on any atom is -0.495 e. The molecule has 1 amide bonds. The van der Waals surface area contributed by atoms with Crippen LogP contribution in [0.1, 0.15) is 0 Å². The molecule has 2 rings (SSSR count). The van der Waals surface area contributed by atoms with E-state index in [1.807, 2.05) is 18.2 Å². The quantitative estimate of drug-likeness (QED) is 0.922. The summed E-state index contributed by atoms with van der Waals surface area (Å²) in [5.41, 5.74) is 0.791. The normalized spacial score (nSPS) is 15.2. The van der Waals surface area contributed by atoms with Crippen molar-refractivity contribution in [1.82, 2.24) is 5.32 Å². The maximum Gasteiger partial charge on any atom is 0.232 e. The predicted molar refractivity (Wildman–Crippen MR) is 70.5 cm³/mol. The molecule has 0 spiro atoms. The molecule has 1 saturated heterocycles. The fourth-order valence-electron chi connectivity index (χ4n) is 1.78. The maximum atomic E-state index is 12.1. The Morgan fingerprint density at radius 1 is 1.53 bits per heavy atom. The summed E-state index contributed by atoms with van der Waals surface area (Å²) < 4.78 is 6.20. The molecular weight excluding hydrogens is 284 g/mol. The third kappa shape index (κ3) is 2.45. The van der Waals surface area contributed by atoms with Crippen molar-refractivity contribution < 1.29 is 9.53 Å². The Labute approximate surface area is 109 Å². The van der Waals surface area contributed by atoms with E-state index in [9.17, 15) is 4.79 Å². The number of carbonyl (C=O) groups excluding carboxylic acids is 1. The minimum absolute atomic E-state index is 0.0867. The van der Waals surface area contributed by atoms with Crippen molar-refractivity contribution in [2.75, 3.05) is 32.1 Å². The van der Waals surface area contributed by atoms with Gasteiger partial charge in [-0.2, -0.15) is 0 Å². The van der Waals surface area contributed by atoms with Crippen LogP contribution in [0.4, 0.5) is 5.69 Å². The summed E-state index contributed by atoms with van der Waals surface area (Å²) in [6.45, 7) is 1.53. The van der Waals surface area contributed by atoms with Crippen LogP contribution in [0.3, 0.4) is 0 Å². The maximum absolute atomic E-state index is 12.1. The van der Waals surface area contributed by atoms with Gasteiger partial charge in [0, 0.05) is 24.6 Å². The first-order chi connectivity index (χ1) is 8.13. The van der Waals surface area contributed by atoms with E-state index in [-0.39, 0.29) is 11.8 Å². The van der Waals surface area contributed by atoms with Gasteiger partial charge in [0.25, 0.3) is 0 Å². The van der Waals surface area contributed by atoms with Gasteiger partial charge in [0.1, 0.15) is 5.75 Å². The highest BCUT2D eigenvalue weighted by Crippen LogP contribution is 2.31. The molecule has 0 aliphatic carbocycles. The molecule has 1 aromatic carbocycles. The summed E-state index contributed by atoms with van der Waals surface area (Å²) >= 11 is 3.41. The van der Waals surface area contributed by atoms with Crippen LogP contribution < -0.4 is 15.0 Å². The van der Waals surface area contributed by atoms with Crippen molar-refractivity contribution in [1.29, 1.82) is 0 Å². The monoisotopic (exact) mass is 298 g/mol. The van der Waals surface area contributed by atoms with Crippen LogP contribution in [-0.2, 0) is 4.79 Å². The number of carbonyl (C=O) groups is 1. The average molecular weight is 299 g/mol. The van der Waals surface area contributed by atoms with Crippen LogP contribution in [0, 0.1) is 5.92 Å². The summed E-state index contributed by atoms with van der Waals surface area (Å²) in [6, 6.07) is 5.64. The van der Waals surface area contributed by atoms with Crippen LogP contribution in [0.15, 0.2) is 22.7 Å². The van der Waals surface area contributed by atoms with Crippen LogP contribution in [0.2, 0.25) is 0 Å². The lowest BCUT2D eigenvalue weighted by Crippen LogP contribution is -2.51. The summed E-state index contributed by atoms with van der Waals surface area (Å²) in [5, 5.41) is 3.10. The van der Waals surface area contributed by atoms with E-state index in [1.165, 1.54) is 0 Å². The second kappa shape index (κ2) is 5.06. The smallest absolute Gasteiger partial charge is 0.232 e. The fraction of sp³-hybridized carbons (Fsp3) is 0.417. The zero-order chi connectivity index (χ0) is 12.4. The van der Waals surface area contributed by atoms with E-state index in [0.717, 1.165) is 23.2 Å². The summed E-state index contributed by atoms with van der Waals surface area (Å²) in [4.78, 5) is 13.8. The van der Waals surface area contributed by atoms with Crippen molar-refractivity contribution in [3.63, 3.8) is 0 Å². The highest BCUT2D eigenvalue weighted by molar-refractivity contribution is 9.10. The number of methoxy groups -OCH3 is 1. The molecule has 1 heterocycles. The first-order valence-corrected chi connectivity index (χ1v) is 6.24. The molecule has 1 fully saturated rings. The largest absolute Gasteiger partial charge is 0.495 e. The Bertz CT molecular complexity index is 433. The molecule has 0 atom stereocenters.